The topological polar surface area (TPSA) is 0 Å². The molecule has 1 aliphatic rings. The second-order valence-corrected chi connectivity index (χ2v) is 4.92. The van der Waals surface area contributed by atoms with Crippen LogP contribution in [-0.2, 0) is 0 Å². The van der Waals surface area contributed by atoms with E-state index in [1.165, 1.54) is 21.9 Å². The Hall–Kier alpha value is -1.01. The van der Waals surface area contributed by atoms with Gasteiger partial charge in [0.1, 0.15) is 0 Å². The number of hydrogen-bond acceptors (Lipinski definition) is 0. The molecule has 0 aliphatic heterocycles. The number of alkyl halides is 1. The van der Waals surface area contributed by atoms with Gasteiger partial charge < -0.3 is 0 Å². The smallest absolute Gasteiger partial charge is 0.0593 e. The summed E-state index contributed by atoms with van der Waals surface area (Å²) in [7, 11) is 0. The van der Waals surface area contributed by atoms with Crippen molar-refractivity contribution in [2.45, 2.75) is 24.6 Å². The van der Waals surface area contributed by atoms with Crippen LogP contribution in [0.1, 0.15) is 35.8 Å². The van der Waals surface area contributed by atoms with Gasteiger partial charge in [-0.15, -0.1) is 11.6 Å². The van der Waals surface area contributed by atoms with Crippen LogP contribution in [0.25, 0.3) is 10.8 Å². The number of rotatable bonds is 0. The third-order valence-electron chi connectivity index (χ3n) is 3.40. The second kappa shape index (κ2) is 3.24. The Morgan fingerprint density at radius 2 is 1.93 bits per heavy atom. The molecule has 0 bridgehead atoms. The van der Waals surface area contributed by atoms with Gasteiger partial charge >= 0.3 is 0 Å². The highest BCUT2D eigenvalue weighted by atomic mass is 35.5. The van der Waals surface area contributed by atoms with Crippen molar-refractivity contribution in [2.24, 2.45) is 0 Å². The van der Waals surface area contributed by atoms with E-state index in [2.05, 4.69) is 43.3 Å². The molecule has 76 valence electrons. The molecule has 0 spiro atoms. The molecule has 2 aromatic rings. The Balaban J connectivity index is 2.39. The lowest BCUT2D eigenvalue weighted by atomic mass is 9.96. The first-order valence-electron chi connectivity index (χ1n) is 5.43. The Morgan fingerprint density at radius 1 is 1.13 bits per heavy atom. The first kappa shape index (κ1) is 9.23. The molecule has 2 unspecified atom stereocenters. The summed E-state index contributed by atoms with van der Waals surface area (Å²) in [6.07, 6.45) is 1.07. The number of halogens is 1. The minimum Gasteiger partial charge on any atom is -0.118 e. The number of fused-ring (bicyclic) bond motifs is 3. The molecule has 0 fully saturated rings. The minimum absolute atomic E-state index is 0.208. The Morgan fingerprint density at radius 3 is 2.80 bits per heavy atom. The molecule has 0 heterocycles. The van der Waals surface area contributed by atoms with Crippen LogP contribution in [-0.4, -0.2) is 0 Å². The van der Waals surface area contributed by atoms with Gasteiger partial charge in [-0.2, -0.15) is 0 Å². The monoisotopic (exact) mass is 216 g/mol. The van der Waals surface area contributed by atoms with Gasteiger partial charge in [-0.1, -0.05) is 43.3 Å². The van der Waals surface area contributed by atoms with Crippen molar-refractivity contribution < 1.29 is 0 Å². The molecule has 2 aromatic carbocycles. The third-order valence-corrected chi connectivity index (χ3v) is 3.81. The van der Waals surface area contributed by atoms with Gasteiger partial charge in [0.25, 0.3) is 0 Å². The minimum atomic E-state index is 0.208. The van der Waals surface area contributed by atoms with Crippen LogP contribution in [0.4, 0.5) is 0 Å². The highest BCUT2D eigenvalue weighted by Gasteiger charge is 2.27. The summed E-state index contributed by atoms with van der Waals surface area (Å²) in [6.45, 7) is 2.27. The summed E-state index contributed by atoms with van der Waals surface area (Å²) in [4.78, 5) is 0. The molecule has 0 aromatic heterocycles. The molecule has 2 atom stereocenters. The summed E-state index contributed by atoms with van der Waals surface area (Å²) in [5.74, 6) is 0.591. The van der Waals surface area contributed by atoms with Crippen LogP contribution in [0, 0.1) is 0 Å². The van der Waals surface area contributed by atoms with Crippen molar-refractivity contribution >= 4 is 22.4 Å². The average molecular weight is 217 g/mol. The van der Waals surface area contributed by atoms with Crippen LogP contribution < -0.4 is 0 Å². The van der Waals surface area contributed by atoms with E-state index >= 15 is 0 Å². The zero-order chi connectivity index (χ0) is 10.4. The molecule has 0 N–H and O–H groups in total. The highest BCUT2D eigenvalue weighted by Crippen LogP contribution is 2.46. The summed E-state index contributed by atoms with van der Waals surface area (Å²) >= 11 is 6.34. The van der Waals surface area contributed by atoms with Crippen LogP contribution >= 0.6 is 11.6 Å². The first-order valence-corrected chi connectivity index (χ1v) is 5.86. The zero-order valence-corrected chi connectivity index (χ0v) is 9.46. The van der Waals surface area contributed by atoms with E-state index in [0.29, 0.717) is 5.92 Å². The van der Waals surface area contributed by atoms with Gasteiger partial charge in [-0.05, 0) is 34.2 Å². The van der Waals surface area contributed by atoms with Crippen LogP contribution in [0.15, 0.2) is 36.4 Å². The lowest BCUT2D eigenvalue weighted by molar-refractivity contribution is 0.736. The van der Waals surface area contributed by atoms with E-state index in [9.17, 15) is 0 Å². The summed E-state index contributed by atoms with van der Waals surface area (Å²) < 4.78 is 0. The largest absolute Gasteiger partial charge is 0.118 e. The summed E-state index contributed by atoms with van der Waals surface area (Å²) in [6, 6.07) is 13.0. The predicted octanol–water partition coefficient (Wildman–Crippen LogP) is 4.63. The van der Waals surface area contributed by atoms with E-state index < -0.39 is 0 Å². The van der Waals surface area contributed by atoms with Gasteiger partial charge in [-0.25, -0.2) is 0 Å². The molecule has 1 heteroatoms. The Bertz CT molecular complexity index is 516. The van der Waals surface area contributed by atoms with Crippen molar-refractivity contribution in [3.8, 4) is 0 Å². The molecule has 0 nitrogen and oxygen atoms in total. The van der Waals surface area contributed by atoms with Crippen molar-refractivity contribution in [1.82, 2.24) is 0 Å². The maximum absolute atomic E-state index is 6.34. The Kier molecular flexibility index (Phi) is 2.00. The lowest BCUT2D eigenvalue weighted by Gasteiger charge is -2.09. The van der Waals surface area contributed by atoms with Gasteiger partial charge in [-0.3, -0.25) is 0 Å². The van der Waals surface area contributed by atoms with Crippen LogP contribution in [0.5, 0.6) is 0 Å². The van der Waals surface area contributed by atoms with Crippen molar-refractivity contribution in [1.29, 1.82) is 0 Å². The molecule has 15 heavy (non-hydrogen) atoms. The van der Waals surface area contributed by atoms with E-state index in [1.54, 1.807) is 0 Å². The highest BCUT2D eigenvalue weighted by molar-refractivity contribution is 6.21. The number of hydrogen-bond donors (Lipinski definition) is 0. The van der Waals surface area contributed by atoms with Crippen molar-refractivity contribution in [2.75, 3.05) is 0 Å². The molecular formula is C14H13Cl. The van der Waals surface area contributed by atoms with Crippen molar-refractivity contribution in [3.05, 3.63) is 47.5 Å². The predicted molar refractivity (Wildman–Crippen MR) is 65.6 cm³/mol. The normalized spacial score (nSPS) is 24.4. The first-order chi connectivity index (χ1) is 7.27. The van der Waals surface area contributed by atoms with E-state index in [1.807, 2.05) is 0 Å². The number of benzene rings is 2. The molecular weight excluding hydrogens is 204 g/mol. The van der Waals surface area contributed by atoms with Gasteiger partial charge in [0.15, 0.2) is 0 Å². The van der Waals surface area contributed by atoms with Crippen molar-refractivity contribution in [3.63, 3.8) is 0 Å². The maximum Gasteiger partial charge on any atom is 0.0593 e. The van der Waals surface area contributed by atoms with E-state index in [4.69, 9.17) is 11.6 Å². The van der Waals surface area contributed by atoms with Gasteiger partial charge in [0.2, 0.25) is 0 Å². The molecule has 0 amide bonds. The fourth-order valence-electron chi connectivity index (χ4n) is 2.69. The summed E-state index contributed by atoms with van der Waals surface area (Å²) in [5.41, 5.74) is 2.80. The van der Waals surface area contributed by atoms with Crippen LogP contribution in [0.2, 0.25) is 0 Å². The standard InChI is InChI=1S/C14H13Cl/c1-9-8-13(15)12-7-6-10-4-2-3-5-11(10)14(9)12/h2-7,9,13H,8H2,1H3. The molecule has 3 rings (SSSR count). The quantitative estimate of drug-likeness (QED) is 0.564. The molecule has 0 radical (unpaired) electrons. The van der Waals surface area contributed by atoms with Crippen LogP contribution in [0.3, 0.4) is 0 Å². The third kappa shape index (κ3) is 1.28. The SMILES string of the molecule is CC1CC(Cl)c2ccc3ccccc3c21. The Labute approximate surface area is 94.9 Å². The molecule has 0 saturated carbocycles. The lowest BCUT2D eigenvalue weighted by Crippen LogP contribution is -1.88. The fraction of sp³-hybridized carbons (Fsp3) is 0.286. The zero-order valence-electron chi connectivity index (χ0n) is 8.70. The van der Waals surface area contributed by atoms with E-state index in [-0.39, 0.29) is 5.38 Å². The second-order valence-electron chi connectivity index (χ2n) is 4.39. The molecule has 1 aliphatic carbocycles. The van der Waals surface area contributed by atoms with Gasteiger partial charge in [0.05, 0.1) is 5.38 Å². The molecule has 0 saturated heterocycles. The van der Waals surface area contributed by atoms with Gasteiger partial charge in [0, 0.05) is 0 Å². The fourth-order valence-corrected chi connectivity index (χ4v) is 3.15. The maximum atomic E-state index is 6.34. The average Bonchev–Trinajstić information content (AvgIpc) is 2.55. The van der Waals surface area contributed by atoms with E-state index in [0.717, 1.165) is 6.42 Å². The summed E-state index contributed by atoms with van der Waals surface area (Å²) in [5, 5.41) is 2.92.